The van der Waals surface area contributed by atoms with Crippen molar-refractivity contribution in [2.75, 3.05) is 12.3 Å². The van der Waals surface area contributed by atoms with E-state index in [4.69, 9.17) is 0 Å². The van der Waals surface area contributed by atoms with Crippen LogP contribution in [0.25, 0.3) is 0 Å². The van der Waals surface area contributed by atoms with E-state index in [9.17, 15) is 4.79 Å². The van der Waals surface area contributed by atoms with Gasteiger partial charge in [-0.2, -0.15) is 0 Å². The first-order valence-corrected chi connectivity index (χ1v) is 8.30. The Morgan fingerprint density at radius 3 is 2.71 bits per heavy atom. The average Bonchev–Trinajstić information content (AvgIpc) is 2.66. The van der Waals surface area contributed by atoms with E-state index < -0.39 is 0 Å². The number of hydrogen-bond acceptors (Lipinski definition) is 2. The van der Waals surface area contributed by atoms with E-state index in [1.807, 2.05) is 30.0 Å². The number of benzene rings is 2. The van der Waals surface area contributed by atoms with Gasteiger partial charge in [-0.25, -0.2) is 0 Å². The van der Waals surface area contributed by atoms with E-state index in [0.29, 0.717) is 0 Å². The van der Waals surface area contributed by atoms with Crippen molar-refractivity contribution in [1.82, 2.24) is 4.90 Å². The Balaban J connectivity index is 2.02. The molecule has 2 aromatic carbocycles. The van der Waals surface area contributed by atoms with Crippen molar-refractivity contribution in [3.63, 3.8) is 0 Å². The molecule has 3 heteroatoms. The lowest BCUT2D eigenvalue weighted by Gasteiger charge is -2.25. The van der Waals surface area contributed by atoms with Gasteiger partial charge in [-0.3, -0.25) is 4.79 Å². The molecule has 4 rings (SSSR count). The topological polar surface area (TPSA) is 20.3 Å². The van der Waals surface area contributed by atoms with Crippen LogP contribution in [-0.4, -0.2) is 23.1 Å². The van der Waals surface area contributed by atoms with Crippen LogP contribution >= 0.6 is 11.8 Å². The van der Waals surface area contributed by atoms with Crippen LogP contribution in [0.4, 0.5) is 0 Å². The van der Waals surface area contributed by atoms with Gasteiger partial charge in [0, 0.05) is 22.8 Å². The van der Waals surface area contributed by atoms with Gasteiger partial charge < -0.3 is 4.90 Å². The fourth-order valence-corrected chi connectivity index (χ4v) is 4.71. The smallest absolute Gasteiger partial charge is 0.255 e. The minimum absolute atomic E-state index is 0.0959. The fraction of sp³-hybridized carbons (Fsp3) is 0.278. The van der Waals surface area contributed by atoms with Crippen molar-refractivity contribution in [2.45, 2.75) is 24.8 Å². The molecule has 2 aliphatic rings. The zero-order valence-electron chi connectivity index (χ0n) is 12.2. The molecule has 0 radical (unpaired) electrons. The van der Waals surface area contributed by atoms with Crippen LogP contribution in [0.3, 0.4) is 0 Å². The lowest BCUT2D eigenvalue weighted by Crippen LogP contribution is -2.30. The molecule has 1 atom stereocenters. The van der Waals surface area contributed by atoms with E-state index in [2.05, 4.69) is 36.9 Å². The van der Waals surface area contributed by atoms with Crippen LogP contribution in [-0.2, 0) is 0 Å². The number of aryl methyl sites for hydroxylation is 2. The Kier molecular flexibility index (Phi) is 2.86. The molecule has 106 valence electrons. The zero-order valence-corrected chi connectivity index (χ0v) is 13.0. The van der Waals surface area contributed by atoms with Crippen LogP contribution < -0.4 is 0 Å². The highest BCUT2D eigenvalue weighted by atomic mass is 32.2. The molecular weight excluding hydrogens is 278 g/mol. The maximum absolute atomic E-state index is 12.7. The maximum atomic E-state index is 12.7. The van der Waals surface area contributed by atoms with Gasteiger partial charge in [-0.05, 0) is 42.2 Å². The number of nitrogens with zero attached hydrogens (tertiary/aromatic N) is 1. The standard InChI is InChI=1S/C18H17NOS/c1-11-7-8-12(2)17-15(11)16-13-5-3-4-6-14(13)18(20)19(16)9-10-21-17/h3-8,16H,9-10H2,1-2H3. The third-order valence-electron chi connectivity index (χ3n) is 4.52. The van der Waals surface area contributed by atoms with Crippen molar-refractivity contribution in [1.29, 1.82) is 0 Å². The summed E-state index contributed by atoms with van der Waals surface area (Å²) in [5.74, 6) is 1.15. The van der Waals surface area contributed by atoms with Gasteiger partial charge in [-0.15, -0.1) is 11.8 Å². The normalized spacial score (nSPS) is 19.8. The second-order valence-corrected chi connectivity index (χ2v) is 6.88. The molecule has 0 aliphatic carbocycles. The predicted molar refractivity (Wildman–Crippen MR) is 86.0 cm³/mol. The van der Waals surface area contributed by atoms with Crippen molar-refractivity contribution >= 4 is 17.7 Å². The minimum Gasteiger partial charge on any atom is -0.327 e. The van der Waals surface area contributed by atoms with Crippen LogP contribution in [0, 0.1) is 13.8 Å². The first-order valence-electron chi connectivity index (χ1n) is 7.31. The van der Waals surface area contributed by atoms with Gasteiger partial charge in [0.2, 0.25) is 0 Å². The summed E-state index contributed by atoms with van der Waals surface area (Å²) in [5.41, 5.74) is 5.97. The van der Waals surface area contributed by atoms with E-state index in [1.165, 1.54) is 27.1 Å². The average molecular weight is 295 g/mol. The molecule has 0 bridgehead atoms. The highest BCUT2D eigenvalue weighted by molar-refractivity contribution is 7.99. The molecule has 2 heterocycles. The molecule has 0 spiro atoms. The van der Waals surface area contributed by atoms with Gasteiger partial charge in [-0.1, -0.05) is 30.3 Å². The van der Waals surface area contributed by atoms with Crippen LogP contribution in [0.1, 0.15) is 38.7 Å². The summed E-state index contributed by atoms with van der Waals surface area (Å²) in [6.45, 7) is 5.15. The van der Waals surface area contributed by atoms with E-state index >= 15 is 0 Å². The Hall–Kier alpha value is -1.74. The van der Waals surface area contributed by atoms with Crippen molar-refractivity contribution < 1.29 is 4.79 Å². The van der Waals surface area contributed by atoms with Crippen molar-refractivity contribution in [2.24, 2.45) is 0 Å². The molecule has 2 aromatic rings. The van der Waals surface area contributed by atoms with Crippen molar-refractivity contribution in [3.05, 3.63) is 64.2 Å². The number of fused-ring (bicyclic) bond motifs is 5. The van der Waals surface area contributed by atoms with E-state index in [0.717, 1.165) is 17.9 Å². The zero-order chi connectivity index (χ0) is 14.6. The van der Waals surface area contributed by atoms with Crippen LogP contribution in [0.15, 0.2) is 41.3 Å². The summed E-state index contributed by atoms with van der Waals surface area (Å²) in [6.07, 6.45) is 0. The van der Waals surface area contributed by atoms with Gasteiger partial charge in [0.25, 0.3) is 5.91 Å². The first kappa shape index (κ1) is 13.0. The maximum Gasteiger partial charge on any atom is 0.255 e. The van der Waals surface area contributed by atoms with Crippen LogP contribution in [0.5, 0.6) is 0 Å². The number of carbonyl (C=O) groups is 1. The number of carbonyl (C=O) groups excluding carboxylic acids is 1. The van der Waals surface area contributed by atoms with Crippen LogP contribution in [0.2, 0.25) is 0 Å². The first-order chi connectivity index (χ1) is 10.2. The third-order valence-corrected chi connectivity index (χ3v) is 5.74. The molecule has 2 nitrogen and oxygen atoms in total. The quantitative estimate of drug-likeness (QED) is 0.733. The summed E-state index contributed by atoms with van der Waals surface area (Å²) in [5, 5.41) is 0. The Bertz CT molecular complexity index is 753. The number of thioether (sulfide) groups is 1. The molecule has 21 heavy (non-hydrogen) atoms. The summed E-state index contributed by atoms with van der Waals surface area (Å²) >= 11 is 1.89. The second-order valence-electron chi connectivity index (χ2n) is 5.78. The Morgan fingerprint density at radius 1 is 1.10 bits per heavy atom. The molecular formula is C18H17NOS. The third kappa shape index (κ3) is 1.77. The van der Waals surface area contributed by atoms with Gasteiger partial charge in [0.05, 0.1) is 6.04 Å². The largest absolute Gasteiger partial charge is 0.327 e. The number of hydrogen-bond donors (Lipinski definition) is 0. The molecule has 1 amide bonds. The molecule has 0 aromatic heterocycles. The predicted octanol–water partition coefficient (Wildman–Crippen LogP) is 3.95. The van der Waals surface area contributed by atoms with Gasteiger partial charge in [0.1, 0.15) is 0 Å². The summed E-state index contributed by atoms with van der Waals surface area (Å²) in [6, 6.07) is 12.5. The van der Waals surface area contributed by atoms with E-state index in [-0.39, 0.29) is 11.9 Å². The van der Waals surface area contributed by atoms with Crippen molar-refractivity contribution in [3.8, 4) is 0 Å². The van der Waals surface area contributed by atoms with E-state index in [1.54, 1.807) is 0 Å². The monoisotopic (exact) mass is 295 g/mol. The number of rotatable bonds is 0. The highest BCUT2D eigenvalue weighted by Gasteiger charge is 2.40. The molecule has 2 aliphatic heterocycles. The molecule has 0 N–H and O–H groups in total. The summed E-state index contributed by atoms with van der Waals surface area (Å²) < 4.78 is 0. The molecule has 1 unspecified atom stereocenters. The second kappa shape index (κ2) is 4.63. The molecule has 0 saturated carbocycles. The fourth-order valence-electron chi connectivity index (χ4n) is 3.50. The SMILES string of the molecule is Cc1ccc(C)c2c1SCCN1C(=O)c3ccccc3C21. The lowest BCUT2D eigenvalue weighted by atomic mass is 9.93. The minimum atomic E-state index is 0.0959. The lowest BCUT2D eigenvalue weighted by molar-refractivity contribution is 0.0761. The molecule has 0 saturated heterocycles. The number of amides is 1. The van der Waals surface area contributed by atoms with Gasteiger partial charge in [0.15, 0.2) is 0 Å². The Labute approximate surface area is 129 Å². The Morgan fingerprint density at radius 2 is 1.86 bits per heavy atom. The van der Waals surface area contributed by atoms with Gasteiger partial charge >= 0.3 is 0 Å². The summed E-state index contributed by atoms with van der Waals surface area (Å²) in [4.78, 5) is 16.1. The summed E-state index contributed by atoms with van der Waals surface area (Å²) in [7, 11) is 0. The highest BCUT2D eigenvalue weighted by Crippen LogP contribution is 2.46. The molecule has 0 fully saturated rings.